The topological polar surface area (TPSA) is 93.2 Å². The van der Waals surface area contributed by atoms with E-state index in [-0.39, 0.29) is 4.92 Å². The van der Waals surface area contributed by atoms with E-state index >= 15 is 0 Å². The predicted octanol–water partition coefficient (Wildman–Crippen LogP) is 1.98. The van der Waals surface area contributed by atoms with Gasteiger partial charge >= 0.3 is 5.66 Å². The average Bonchev–Trinajstić information content (AvgIpc) is 2.53. The monoisotopic (exact) mass is 296 g/mol. The van der Waals surface area contributed by atoms with Crippen LogP contribution in [0.5, 0.6) is 0 Å². The maximum absolute atomic E-state index is 11.8. The van der Waals surface area contributed by atoms with E-state index < -0.39 is 11.8 Å². The molecule has 1 aromatic rings. The van der Waals surface area contributed by atoms with Crippen molar-refractivity contribution in [1.29, 1.82) is 0 Å². The zero-order chi connectivity index (χ0) is 15.7. The van der Waals surface area contributed by atoms with Crippen LogP contribution in [0, 0.1) is 10.1 Å². The van der Waals surface area contributed by atoms with Gasteiger partial charge in [-0.05, 0) is 23.8 Å². The molecule has 0 saturated heterocycles. The first-order chi connectivity index (χ1) is 10.6. The maximum atomic E-state index is 11.8. The SMILES string of the molecule is C=CC(N)NC1([N+](=O)[O-])C=CC=C2Nc3ccccc3C=C21. The van der Waals surface area contributed by atoms with Crippen molar-refractivity contribution in [3.8, 4) is 0 Å². The quantitative estimate of drug-likeness (QED) is 0.342. The van der Waals surface area contributed by atoms with Crippen LogP contribution in [0.1, 0.15) is 5.56 Å². The number of nitrogens with two attached hydrogens (primary N) is 1. The lowest BCUT2D eigenvalue weighted by atomic mass is 9.87. The fourth-order valence-electron chi connectivity index (χ4n) is 2.65. The summed E-state index contributed by atoms with van der Waals surface area (Å²) < 4.78 is 0. The van der Waals surface area contributed by atoms with Crippen LogP contribution in [-0.2, 0) is 0 Å². The Kier molecular flexibility index (Phi) is 3.40. The molecule has 0 bridgehead atoms. The summed E-state index contributed by atoms with van der Waals surface area (Å²) in [7, 11) is 0. The minimum Gasteiger partial charge on any atom is -0.355 e. The van der Waals surface area contributed by atoms with Gasteiger partial charge in [-0.25, -0.2) is 5.32 Å². The number of hydrogen-bond donors (Lipinski definition) is 3. The lowest BCUT2D eigenvalue weighted by Gasteiger charge is -2.33. The lowest BCUT2D eigenvalue weighted by molar-refractivity contribution is -0.551. The van der Waals surface area contributed by atoms with Crippen LogP contribution in [0.2, 0.25) is 0 Å². The van der Waals surface area contributed by atoms with E-state index in [1.165, 1.54) is 12.2 Å². The second-order valence-corrected chi connectivity index (χ2v) is 5.14. The Hall–Kier alpha value is -2.70. The molecule has 2 unspecified atom stereocenters. The molecule has 2 aliphatic rings. The van der Waals surface area contributed by atoms with E-state index in [1.54, 1.807) is 6.08 Å². The van der Waals surface area contributed by atoms with Crippen LogP contribution in [0.4, 0.5) is 5.69 Å². The lowest BCUT2D eigenvalue weighted by Crippen LogP contribution is -2.59. The number of allylic oxidation sites excluding steroid dienone is 2. The van der Waals surface area contributed by atoms with Gasteiger partial charge in [0.05, 0.1) is 22.4 Å². The highest BCUT2D eigenvalue weighted by Gasteiger charge is 2.48. The molecule has 0 fully saturated rings. The van der Waals surface area contributed by atoms with Gasteiger partial charge in [-0.15, -0.1) is 6.58 Å². The number of anilines is 1. The van der Waals surface area contributed by atoms with Crippen LogP contribution in [0.3, 0.4) is 0 Å². The fraction of sp³-hybridized carbons (Fsp3) is 0.125. The normalized spacial score (nSPS) is 23.3. The second-order valence-electron chi connectivity index (χ2n) is 5.14. The van der Waals surface area contributed by atoms with Crippen molar-refractivity contribution >= 4 is 11.8 Å². The minimum absolute atomic E-state index is 0.374. The van der Waals surface area contributed by atoms with Crippen molar-refractivity contribution < 1.29 is 4.92 Å². The van der Waals surface area contributed by atoms with Gasteiger partial charge in [-0.1, -0.05) is 30.4 Å². The molecule has 0 saturated carbocycles. The average molecular weight is 296 g/mol. The molecule has 0 aromatic heterocycles. The summed E-state index contributed by atoms with van der Waals surface area (Å²) in [5.74, 6) is 0. The van der Waals surface area contributed by atoms with Gasteiger partial charge in [-0.3, -0.25) is 10.1 Å². The molecule has 3 rings (SSSR count). The van der Waals surface area contributed by atoms with E-state index in [0.717, 1.165) is 11.3 Å². The molecule has 0 amide bonds. The van der Waals surface area contributed by atoms with Crippen LogP contribution in [0.25, 0.3) is 6.08 Å². The number of para-hydroxylation sites is 1. The van der Waals surface area contributed by atoms with Crippen molar-refractivity contribution in [2.45, 2.75) is 11.8 Å². The Balaban J connectivity index is 2.14. The van der Waals surface area contributed by atoms with Crippen LogP contribution in [0.15, 0.2) is 66.4 Å². The van der Waals surface area contributed by atoms with E-state index in [0.29, 0.717) is 11.3 Å². The van der Waals surface area contributed by atoms with Crippen molar-refractivity contribution in [2.24, 2.45) is 5.73 Å². The molecule has 4 N–H and O–H groups in total. The molecular formula is C16H16N4O2. The Morgan fingerprint density at radius 3 is 2.95 bits per heavy atom. The molecule has 1 heterocycles. The first kappa shape index (κ1) is 14.2. The summed E-state index contributed by atoms with van der Waals surface area (Å²) in [6.07, 6.45) is 7.51. The largest absolute Gasteiger partial charge is 0.355 e. The van der Waals surface area contributed by atoms with Gasteiger partial charge < -0.3 is 11.1 Å². The van der Waals surface area contributed by atoms with Crippen LogP contribution < -0.4 is 16.4 Å². The summed E-state index contributed by atoms with van der Waals surface area (Å²) in [6.45, 7) is 3.57. The number of nitrogens with zero attached hydrogens (tertiary/aromatic N) is 1. The Morgan fingerprint density at radius 1 is 1.45 bits per heavy atom. The molecule has 0 radical (unpaired) electrons. The van der Waals surface area contributed by atoms with Crippen LogP contribution in [-0.4, -0.2) is 16.8 Å². The van der Waals surface area contributed by atoms with E-state index in [2.05, 4.69) is 17.2 Å². The zero-order valence-corrected chi connectivity index (χ0v) is 11.8. The van der Waals surface area contributed by atoms with E-state index in [4.69, 9.17) is 5.73 Å². The second kappa shape index (κ2) is 5.25. The van der Waals surface area contributed by atoms with Gasteiger partial charge in [0.1, 0.15) is 0 Å². The molecule has 6 nitrogen and oxygen atoms in total. The maximum Gasteiger partial charge on any atom is 0.323 e. The zero-order valence-electron chi connectivity index (χ0n) is 11.8. The van der Waals surface area contributed by atoms with E-state index in [1.807, 2.05) is 36.4 Å². The molecule has 2 atom stereocenters. The summed E-state index contributed by atoms with van der Waals surface area (Å²) in [5, 5.41) is 17.9. The molecule has 1 aliphatic carbocycles. The first-order valence-corrected chi connectivity index (χ1v) is 6.85. The number of hydrogen-bond acceptors (Lipinski definition) is 5. The van der Waals surface area contributed by atoms with Crippen molar-refractivity contribution in [3.05, 3.63) is 82.1 Å². The van der Waals surface area contributed by atoms with E-state index in [9.17, 15) is 10.1 Å². The third kappa shape index (κ3) is 2.14. The number of benzene rings is 1. The Bertz CT molecular complexity index is 735. The fourth-order valence-corrected chi connectivity index (χ4v) is 2.65. The molecule has 112 valence electrons. The molecule has 1 aliphatic heterocycles. The van der Waals surface area contributed by atoms with Gasteiger partial charge in [-0.2, -0.15) is 0 Å². The molecule has 22 heavy (non-hydrogen) atoms. The highest BCUT2D eigenvalue weighted by Crippen LogP contribution is 2.38. The Morgan fingerprint density at radius 2 is 2.23 bits per heavy atom. The summed E-state index contributed by atoms with van der Waals surface area (Å²) >= 11 is 0. The van der Waals surface area contributed by atoms with Crippen molar-refractivity contribution in [2.75, 3.05) is 5.32 Å². The number of rotatable bonds is 4. The van der Waals surface area contributed by atoms with Crippen LogP contribution >= 0.6 is 0 Å². The smallest absolute Gasteiger partial charge is 0.323 e. The molecule has 1 aromatic carbocycles. The molecular weight excluding hydrogens is 280 g/mol. The third-order valence-electron chi connectivity index (χ3n) is 3.76. The summed E-state index contributed by atoms with van der Waals surface area (Å²) in [5.41, 5.74) is 7.24. The first-order valence-electron chi connectivity index (χ1n) is 6.85. The van der Waals surface area contributed by atoms with Crippen molar-refractivity contribution in [1.82, 2.24) is 5.32 Å². The predicted molar refractivity (Wildman–Crippen MR) is 86.3 cm³/mol. The standard InChI is InChI=1S/C16H16N4O2/c1-2-15(17)19-16(20(21)22)9-5-8-14-12(16)10-11-6-3-4-7-13(11)18-14/h2-10,15,18-19H,1,17H2. The summed E-state index contributed by atoms with van der Waals surface area (Å²) in [6, 6.07) is 7.64. The third-order valence-corrected chi connectivity index (χ3v) is 3.76. The van der Waals surface area contributed by atoms with Crippen molar-refractivity contribution in [3.63, 3.8) is 0 Å². The molecule has 0 spiro atoms. The number of nitro groups is 1. The highest BCUT2D eigenvalue weighted by molar-refractivity contribution is 5.80. The Labute approximate surface area is 127 Å². The van der Waals surface area contributed by atoms with Gasteiger partial charge in [0.2, 0.25) is 0 Å². The summed E-state index contributed by atoms with van der Waals surface area (Å²) in [4.78, 5) is 11.4. The van der Waals surface area contributed by atoms with Gasteiger partial charge in [0.15, 0.2) is 0 Å². The number of fused-ring (bicyclic) bond motifs is 2. The number of nitrogens with one attached hydrogen (secondary N) is 2. The molecule has 6 heteroatoms. The highest BCUT2D eigenvalue weighted by atomic mass is 16.6. The van der Waals surface area contributed by atoms with Gasteiger partial charge in [0, 0.05) is 11.8 Å². The van der Waals surface area contributed by atoms with Gasteiger partial charge in [0.25, 0.3) is 0 Å². The minimum atomic E-state index is -1.59.